The number of rotatable bonds is 5. The first-order chi connectivity index (χ1) is 16.1. The van der Waals surface area contributed by atoms with Gasteiger partial charge in [0.05, 0.1) is 25.5 Å². The molecule has 0 N–H and O–H groups in total. The van der Waals surface area contributed by atoms with E-state index in [1.807, 2.05) is 59.5 Å². The van der Waals surface area contributed by atoms with E-state index in [0.717, 1.165) is 47.7 Å². The second-order valence-corrected chi connectivity index (χ2v) is 9.34. The lowest BCUT2D eigenvalue weighted by Crippen LogP contribution is -2.35. The van der Waals surface area contributed by atoms with Gasteiger partial charge in [-0.2, -0.15) is 0 Å². The fraction of sp³-hybridized carbons (Fsp3) is 0.269. The molecule has 0 saturated carbocycles. The van der Waals surface area contributed by atoms with Crippen LogP contribution in [0.5, 0.6) is 5.75 Å². The van der Waals surface area contributed by atoms with E-state index in [1.165, 1.54) is 17.8 Å². The van der Waals surface area contributed by atoms with Crippen LogP contribution in [0.3, 0.4) is 0 Å². The van der Waals surface area contributed by atoms with Gasteiger partial charge in [0, 0.05) is 23.5 Å². The third-order valence-electron chi connectivity index (χ3n) is 6.05. The van der Waals surface area contributed by atoms with Crippen molar-refractivity contribution in [3.63, 3.8) is 0 Å². The summed E-state index contributed by atoms with van der Waals surface area (Å²) in [7, 11) is 1.64. The van der Waals surface area contributed by atoms with Gasteiger partial charge in [-0.1, -0.05) is 12.1 Å². The van der Waals surface area contributed by atoms with Gasteiger partial charge in [0.15, 0.2) is 0 Å². The van der Waals surface area contributed by atoms with Gasteiger partial charge in [0.25, 0.3) is 11.5 Å². The van der Waals surface area contributed by atoms with Gasteiger partial charge in [-0.15, -0.1) is 11.3 Å². The Morgan fingerprint density at radius 1 is 1.06 bits per heavy atom. The largest absolute Gasteiger partial charge is 0.497 e. The number of fused-ring (bicyclic) bond motifs is 1. The summed E-state index contributed by atoms with van der Waals surface area (Å²) in [4.78, 5) is 33.5. The molecule has 1 aliphatic rings. The Morgan fingerprint density at radius 2 is 1.85 bits per heavy atom. The number of likely N-dealkylation sites (tertiary alicyclic amines) is 1. The standard InChI is InChI=1S/C26H25N3O3S/c1-32-21-10-8-19(9-11-21)23-15-22-24(33-23)26(31)29(17-27-22)16-18-6-5-7-20(14-18)25(30)28-12-3-2-4-13-28/h5-11,14-15,17H,2-4,12-13,16H2,1H3. The number of carbonyl (C=O) groups is 1. The summed E-state index contributed by atoms with van der Waals surface area (Å²) in [5.41, 5.74) is 3.23. The Hall–Kier alpha value is -3.45. The topological polar surface area (TPSA) is 64.4 Å². The van der Waals surface area contributed by atoms with Crippen LogP contribution in [0.1, 0.15) is 35.2 Å². The van der Waals surface area contributed by atoms with E-state index in [4.69, 9.17) is 4.74 Å². The summed E-state index contributed by atoms with van der Waals surface area (Å²) < 4.78 is 7.47. The fourth-order valence-corrected chi connectivity index (χ4v) is 5.30. The molecular formula is C26H25N3O3S. The zero-order valence-electron chi connectivity index (χ0n) is 18.5. The predicted molar refractivity (Wildman–Crippen MR) is 131 cm³/mol. The van der Waals surface area contributed by atoms with E-state index in [9.17, 15) is 9.59 Å². The number of methoxy groups -OCH3 is 1. The Morgan fingerprint density at radius 3 is 2.61 bits per heavy atom. The number of aromatic nitrogens is 2. The number of thiophene rings is 1. The summed E-state index contributed by atoms with van der Waals surface area (Å²) >= 11 is 1.44. The van der Waals surface area contributed by atoms with Crippen LogP contribution in [-0.4, -0.2) is 40.6 Å². The summed E-state index contributed by atoms with van der Waals surface area (Å²) in [6.07, 6.45) is 4.90. The molecule has 2 aromatic heterocycles. The third kappa shape index (κ3) is 4.41. The molecule has 1 saturated heterocycles. The van der Waals surface area contributed by atoms with Crippen LogP contribution >= 0.6 is 11.3 Å². The summed E-state index contributed by atoms with van der Waals surface area (Å²) in [5, 5.41) is 0. The van der Waals surface area contributed by atoms with E-state index in [1.54, 1.807) is 18.0 Å². The molecule has 0 radical (unpaired) electrons. The van der Waals surface area contributed by atoms with Gasteiger partial charge < -0.3 is 9.64 Å². The molecule has 6 nitrogen and oxygen atoms in total. The zero-order chi connectivity index (χ0) is 22.8. The molecule has 0 aliphatic carbocycles. The van der Waals surface area contributed by atoms with Crippen molar-refractivity contribution in [2.24, 2.45) is 0 Å². The van der Waals surface area contributed by atoms with Crippen molar-refractivity contribution in [1.29, 1.82) is 0 Å². The monoisotopic (exact) mass is 459 g/mol. The van der Waals surface area contributed by atoms with Crippen molar-refractivity contribution >= 4 is 27.5 Å². The molecule has 0 unspecified atom stereocenters. The minimum atomic E-state index is -0.0717. The van der Waals surface area contributed by atoms with Crippen LogP contribution in [0.25, 0.3) is 20.7 Å². The van der Waals surface area contributed by atoms with Crippen molar-refractivity contribution in [3.05, 3.63) is 82.4 Å². The van der Waals surface area contributed by atoms with Crippen LogP contribution < -0.4 is 10.3 Å². The Kier molecular flexibility index (Phi) is 5.96. The second-order valence-electron chi connectivity index (χ2n) is 8.28. The van der Waals surface area contributed by atoms with Crippen LogP contribution in [-0.2, 0) is 6.54 Å². The maximum atomic E-state index is 13.2. The molecule has 0 atom stereocenters. The highest BCUT2D eigenvalue weighted by Crippen LogP contribution is 2.31. The summed E-state index contributed by atoms with van der Waals surface area (Å²) in [6, 6.07) is 17.3. The number of hydrogen-bond donors (Lipinski definition) is 0. The lowest BCUT2D eigenvalue weighted by Gasteiger charge is -2.26. The molecule has 0 spiro atoms. The average Bonchev–Trinajstić information content (AvgIpc) is 3.31. The van der Waals surface area contributed by atoms with Gasteiger partial charge >= 0.3 is 0 Å². The molecule has 0 bridgehead atoms. The smallest absolute Gasteiger partial charge is 0.271 e. The maximum absolute atomic E-state index is 13.2. The number of nitrogens with zero attached hydrogens (tertiary/aromatic N) is 3. The number of amides is 1. The maximum Gasteiger partial charge on any atom is 0.271 e. The molecule has 4 aromatic rings. The summed E-state index contributed by atoms with van der Waals surface area (Å²) in [5.74, 6) is 0.862. The number of carbonyl (C=O) groups excluding carboxylic acids is 1. The highest BCUT2D eigenvalue weighted by molar-refractivity contribution is 7.22. The number of hydrogen-bond acceptors (Lipinski definition) is 5. The predicted octanol–water partition coefficient (Wildman–Crippen LogP) is 4.81. The first kappa shape index (κ1) is 21.4. The van der Waals surface area contributed by atoms with Crippen LogP contribution in [0, 0.1) is 0 Å². The molecule has 1 fully saturated rings. The first-order valence-electron chi connectivity index (χ1n) is 11.1. The van der Waals surface area contributed by atoms with E-state index in [-0.39, 0.29) is 11.5 Å². The van der Waals surface area contributed by atoms with Gasteiger partial charge in [-0.05, 0) is 72.9 Å². The minimum absolute atomic E-state index is 0.0693. The molecule has 1 aliphatic heterocycles. The second kappa shape index (κ2) is 9.19. The Labute approximate surface area is 196 Å². The molecule has 7 heteroatoms. The van der Waals surface area contributed by atoms with E-state index in [0.29, 0.717) is 22.3 Å². The lowest BCUT2D eigenvalue weighted by molar-refractivity contribution is 0.0724. The van der Waals surface area contributed by atoms with Gasteiger partial charge in [0.1, 0.15) is 10.4 Å². The zero-order valence-corrected chi connectivity index (χ0v) is 19.3. The van der Waals surface area contributed by atoms with E-state index >= 15 is 0 Å². The van der Waals surface area contributed by atoms with Crippen molar-refractivity contribution in [2.45, 2.75) is 25.8 Å². The lowest BCUT2D eigenvalue weighted by atomic mass is 10.1. The number of piperidine rings is 1. The van der Waals surface area contributed by atoms with Crippen molar-refractivity contribution in [2.75, 3.05) is 20.2 Å². The van der Waals surface area contributed by atoms with Crippen molar-refractivity contribution < 1.29 is 9.53 Å². The number of benzene rings is 2. The highest BCUT2D eigenvalue weighted by Gasteiger charge is 2.18. The van der Waals surface area contributed by atoms with E-state index in [2.05, 4.69) is 4.98 Å². The van der Waals surface area contributed by atoms with Crippen LogP contribution in [0.2, 0.25) is 0 Å². The molecule has 168 valence electrons. The molecule has 1 amide bonds. The minimum Gasteiger partial charge on any atom is -0.497 e. The normalized spacial score (nSPS) is 13.9. The Balaban J connectivity index is 1.40. The summed E-state index contributed by atoms with van der Waals surface area (Å²) in [6.45, 7) is 2.01. The first-order valence-corrected chi connectivity index (χ1v) is 12.0. The molecule has 5 rings (SSSR count). The van der Waals surface area contributed by atoms with Gasteiger partial charge in [0.2, 0.25) is 0 Å². The van der Waals surface area contributed by atoms with Gasteiger partial charge in [-0.3, -0.25) is 14.2 Å². The molecule has 2 aromatic carbocycles. The Bertz CT molecular complexity index is 1350. The molecular weight excluding hydrogens is 434 g/mol. The molecule has 3 heterocycles. The van der Waals surface area contributed by atoms with Crippen molar-refractivity contribution in [1.82, 2.24) is 14.5 Å². The molecule has 33 heavy (non-hydrogen) atoms. The average molecular weight is 460 g/mol. The highest BCUT2D eigenvalue weighted by atomic mass is 32.1. The van der Waals surface area contributed by atoms with Crippen molar-refractivity contribution in [3.8, 4) is 16.2 Å². The third-order valence-corrected chi connectivity index (χ3v) is 7.21. The van der Waals surface area contributed by atoms with E-state index < -0.39 is 0 Å². The van der Waals surface area contributed by atoms with Gasteiger partial charge in [-0.25, -0.2) is 4.98 Å². The SMILES string of the molecule is COc1ccc(-c2cc3ncn(Cc4cccc(C(=O)N5CCCCC5)c4)c(=O)c3s2)cc1. The van der Waals surface area contributed by atoms with Crippen LogP contribution in [0.15, 0.2) is 65.7 Å². The fourth-order valence-electron chi connectivity index (χ4n) is 4.23. The number of ether oxygens (including phenoxy) is 1. The quantitative estimate of drug-likeness (QED) is 0.430. The van der Waals surface area contributed by atoms with Crippen LogP contribution in [0.4, 0.5) is 0 Å².